The lowest BCUT2D eigenvalue weighted by atomic mass is 9.95. The molecule has 1 aliphatic rings. The zero-order valence-electron chi connectivity index (χ0n) is 22.1. The lowest BCUT2D eigenvalue weighted by Gasteiger charge is -2.28. The molecular weight excluding hydrogens is 567 g/mol. The van der Waals surface area contributed by atoms with Crippen molar-refractivity contribution in [2.24, 2.45) is 0 Å². The Bertz CT molecular complexity index is 1560. The van der Waals surface area contributed by atoms with Gasteiger partial charge in [-0.3, -0.25) is 0 Å². The Morgan fingerprint density at radius 2 is 1.75 bits per heavy atom. The number of nitrogens with one attached hydrogen (secondary N) is 1. The predicted octanol–water partition coefficient (Wildman–Crippen LogP) is 7.70. The van der Waals surface area contributed by atoms with Crippen molar-refractivity contribution in [2.45, 2.75) is 43.8 Å². The summed E-state index contributed by atoms with van der Waals surface area (Å²) >= 11 is 14.1. The Hall–Kier alpha value is -3.46. The minimum Gasteiger partial charge on any atom is -0.489 e. The van der Waals surface area contributed by atoms with Gasteiger partial charge in [-0.05, 0) is 48.7 Å². The number of thioether (sulfide) groups is 1. The second-order valence-electron chi connectivity index (χ2n) is 9.20. The van der Waals surface area contributed by atoms with E-state index in [1.807, 2.05) is 86.6 Å². The summed E-state index contributed by atoms with van der Waals surface area (Å²) in [6.45, 7) is 4.45. The number of hydrogen-bond acceptors (Lipinski definition) is 7. The molecule has 1 unspecified atom stereocenters. The smallest absolute Gasteiger partial charge is 0.338 e. The van der Waals surface area contributed by atoms with Crippen molar-refractivity contribution in [2.75, 3.05) is 11.9 Å². The van der Waals surface area contributed by atoms with Crippen molar-refractivity contribution in [3.05, 3.63) is 111 Å². The number of rotatable bonds is 10. The standard InChI is InChI=1S/C30H28Cl2N4O3S/c1-3-15-38-28(37)26-19(2)33-29-34-30(40-18-22-10-5-7-14-25(22)32)35-36(29)27(26)20-11-8-12-23(16-20)39-17-21-9-4-6-13-24(21)31/h4-14,16,27H,3,15,17-18H2,1-2H3,(H,33,34,35). The van der Waals surface area contributed by atoms with Crippen LogP contribution >= 0.6 is 35.0 Å². The average Bonchev–Trinajstić information content (AvgIpc) is 3.36. The third kappa shape index (κ3) is 6.30. The van der Waals surface area contributed by atoms with E-state index in [4.69, 9.17) is 42.8 Å². The largest absolute Gasteiger partial charge is 0.489 e. The first-order chi connectivity index (χ1) is 19.4. The van der Waals surface area contributed by atoms with E-state index in [1.54, 1.807) is 4.68 Å². The van der Waals surface area contributed by atoms with Crippen molar-refractivity contribution < 1.29 is 14.3 Å². The molecule has 1 aliphatic heterocycles. The van der Waals surface area contributed by atoms with Gasteiger partial charge in [0.05, 0.1) is 12.2 Å². The Labute approximate surface area is 247 Å². The molecule has 5 rings (SSSR count). The minimum atomic E-state index is -0.563. The van der Waals surface area contributed by atoms with Crippen LogP contribution in [0.1, 0.15) is 43.0 Å². The van der Waals surface area contributed by atoms with Gasteiger partial charge in [0.15, 0.2) is 0 Å². The summed E-state index contributed by atoms with van der Waals surface area (Å²) in [7, 11) is 0. The van der Waals surface area contributed by atoms with Gasteiger partial charge in [-0.1, -0.05) is 90.4 Å². The van der Waals surface area contributed by atoms with Gasteiger partial charge in [0.1, 0.15) is 18.4 Å². The highest BCUT2D eigenvalue weighted by atomic mass is 35.5. The maximum atomic E-state index is 13.3. The molecular formula is C30H28Cl2N4O3S. The number of ether oxygens (including phenoxy) is 2. The zero-order valence-corrected chi connectivity index (χ0v) is 24.4. The van der Waals surface area contributed by atoms with E-state index in [0.29, 0.717) is 57.1 Å². The van der Waals surface area contributed by atoms with Crippen molar-refractivity contribution in [1.29, 1.82) is 0 Å². The molecule has 7 nitrogen and oxygen atoms in total. The molecule has 0 saturated carbocycles. The van der Waals surface area contributed by atoms with E-state index in [1.165, 1.54) is 11.8 Å². The average molecular weight is 596 g/mol. The van der Waals surface area contributed by atoms with E-state index >= 15 is 0 Å². The predicted molar refractivity (Wildman–Crippen MR) is 159 cm³/mol. The number of hydrogen-bond donors (Lipinski definition) is 1. The summed E-state index contributed by atoms with van der Waals surface area (Å²) in [5, 5.41) is 9.95. The van der Waals surface area contributed by atoms with Crippen LogP contribution in [0.15, 0.2) is 89.2 Å². The number of esters is 1. The second-order valence-corrected chi connectivity index (χ2v) is 11.0. The number of aromatic nitrogens is 3. The van der Waals surface area contributed by atoms with Crippen LogP contribution in [-0.2, 0) is 21.9 Å². The topological polar surface area (TPSA) is 78.3 Å². The van der Waals surface area contributed by atoms with Crippen LogP contribution in [0.3, 0.4) is 0 Å². The van der Waals surface area contributed by atoms with Crippen LogP contribution in [0.2, 0.25) is 10.0 Å². The highest BCUT2D eigenvalue weighted by molar-refractivity contribution is 7.98. The summed E-state index contributed by atoms with van der Waals surface area (Å²) in [6.07, 6.45) is 0.721. The number of allylic oxidation sites excluding steroid dienone is 1. The number of anilines is 1. The molecule has 0 amide bonds. The number of carbonyl (C=O) groups is 1. The summed E-state index contributed by atoms with van der Waals surface area (Å²) in [5.74, 6) is 1.39. The van der Waals surface area contributed by atoms with E-state index in [-0.39, 0.29) is 0 Å². The monoisotopic (exact) mass is 594 g/mol. The number of halogens is 2. The summed E-state index contributed by atoms with van der Waals surface area (Å²) in [5.41, 5.74) is 3.82. The van der Waals surface area contributed by atoms with Crippen molar-refractivity contribution >= 4 is 46.9 Å². The summed E-state index contributed by atoms with van der Waals surface area (Å²) in [4.78, 5) is 18.0. The van der Waals surface area contributed by atoms with Crippen LogP contribution in [0, 0.1) is 0 Å². The first-order valence-electron chi connectivity index (χ1n) is 12.9. The molecule has 0 radical (unpaired) electrons. The van der Waals surface area contributed by atoms with Gasteiger partial charge < -0.3 is 14.8 Å². The van der Waals surface area contributed by atoms with Crippen LogP contribution in [0.25, 0.3) is 0 Å². The fourth-order valence-corrected chi connectivity index (χ4v) is 5.65. The van der Waals surface area contributed by atoms with Gasteiger partial charge in [0, 0.05) is 27.1 Å². The molecule has 3 aromatic carbocycles. The van der Waals surface area contributed by atoms with E-state index in [2.05, 4.69) is 5.32 Å². The van der Waals surface area contributed by atoms with Gasteiger partial charge in [-0.15, -0.1) is 5.10 Å². The SMILES string of the molecule is CCCOC(=O)C1=C(C)Nc2nc(SCc3ccccc3Cl)nn2C1c1cccc(OCc2ccccc2Cl)c1. The highest BCUT2D eigenvalue weighted by Gasteiger charge is 2.35. The Morgan fingerprint density at radius 3 is 2.48 bits per heavy atom. The van der Waals surface area contributed by atoms with Gasteiger partial charge in [-0.25, -0.2) is 9.48 Å². The third-order valence-corrected chi connectivity index (χ3v) is 7.95. The number of nitrogens with zero attached hydrogens (tertiary/aromatic N) is 3. The number of carbonyl (C=O) groups excluding carboxylic acids is 1. The molecule has 40 heavy (non-hydrogen) atoms. The van der Waals surface area contributed by atoms with E-state index in [0.717, 1.165) is 23.1 Å². The maximum absolute atomic E-state index is 13.3. The Balaban J connectivity index is 1.46. The fourth-order valence-electron chi connectivity index (χ4n) is 4.35. The van der Waals surface area contributed by atoms with Crippen molar-refractivity contribution in [1.82, 2.24) is 14.8 Å². The molecule has 206 valence electrons. The van der Waals surface area contributed by atoms with Gasteiger partial charge in [0.25, 0.3) is 0 Å². The van der Waals surface area contributed by atoms with Gasteiger partial charge >= 0.3 is 5.97 Å². The van der Waals surface area contributed by atoms with Crippen LogP contribution in [0.5, 0.6) is 5.75 Å². The Kier molecular flexibility index (Phi) is 8.99. The van der Waals surface area contributed by atoms with Crippen molar-refractivity contribution in [3.8, 4) is 5.75 Å². The molecule has 0 aliphatic carbocycles. The molecule has 1 aromatic heterocycles. The molecule has 2 heterocycles. The molecule has 0 bridgehead atoms. The van der Waals surface area contributed by atoms with Crippen LogP contribution in [0.4, 0.5) is 5.95 Å². The van der Waals surface area contributed by atoms with E-state index in [9.17, 15) is 4.79 Å². The van der Waals surface area contributed by atoms with Gasteiger partial charge in [0.2, 0.25) is 11.1 Å². The first-order valence-corrected chi connectivity index (χ1v) is 14.6. The minimum absolute atomic E-state index is 0.313. The molecule has 0 fully saturated rings. The quantitative estimate of drug-likeness (QED) is 0.149. The second kappa shape index (κ2) is 12.8. The molecule has 10 heteroatoms. The fraction of sp³-hybridized carbons (Fsp3) is 0.233. The molecule has 0 spiro atoms. The maximum Gasteiger partial charge on any atom is 0.338 e. The molecule has 1 atom stereocenters. The lowest BCUT2D eigenvalue weighted by molar-refractivity contribution is -0.139. The molecule has 4 aromatic rings. The van der Waals surface area contributed by atoms with Gasteiger partial charge in [-0.2, -0.15) is 4.98 Å². The van der Waals surface area contributed by atoms with E-state index < -0.39 is 12.0 Å². The number of fused-ring (bicyclic) bond motifs is 1. The first kappa shape index (κ1) is 28.1. The zero-order chi connectivity index (χ0) is 28.1. The van der Waals surface area contributed by atoms with Crippen molar-refractivity contribution in [3.63, 3.8) is 0 Å². The summed E-state index contributed by atoms with van der Waals surface area (Å²) in [6, 6.07) is 22.3. The normalized spacial score (nSPS) is 14.4. The summed E-state index contributed by atoms with van der Waals surface area (Å²) < 4.78 is 13.4. The highest BCUT2D eigenvalue weighted by Crippen LogP contribution is 2.38. The molecule has 0 saturated heterocycles. The lowest BCUT2D eigenvalue weighted by Crippen LogP contribution is -2.29. The van der Waals surface area contributed by atoms with Crippen LogP contribution in [-0.4, -0.2) is 27.3 Å². The molecule has 1 N–H and O–H groups in total. The number of benzene rings is 3. The Morgan fingerprint density at radius 1 is 1.02 bits per heavy atom. The van der Waals surface area contributed by atoms with Crippen LogP contribution < -0.4 is 10.1 Å². The third-order valence-electron chi connectivity index (χ3n) is 6.33.